The van der Waals surface area contributed by atoms with Gasteiger partial charge in [0.05, 0.1) is 0 Å². The predicted molar refractivity (Wildman–Crippen MR) is 83.9 cm³/mol. The molecule has 3 nitrogen and oxygen atoms in total. The minimum Gasteiger partial charge on any atom is -0.437 e. The van der Waals surface area contributed by atoms with E-state index in [1.807, 2.05) is 27.0 Å². The molecule has 1 saturated carbocycles. The maximum atomic E-state index is 13.7. The van der Waals surface area contributed by atoms with Crippen molar-refractivity contribution in [1.82, 2.24) is 10.3 Å². The van der Waals surface area contributed by atoms with Gasteiger partial charge in [-0.3, -0.25) is 0 Å². The second-order valence-corrected chi connectivity index (χ2v) is 5.93. The fourth-order valence-electron chi connectivity index (χ4n) is 2.50. The van der Waals surface area contributed by atoms with Crippen molar-refractivity contribution in [3.05, 3.63) is 29.4 Å². The number of fused-ring (bicyclic) bond motifs is 1. The van der Waals surface area contributed by atoms with Gasteiger partial charge in [0.2, 0.25) is 0 Å². The lowest BCUT2D eigenvalue weighted by atomic mass is 10.2. The molecule has 116 valence electrons. The molecule has 0 saturated heterocycles. The molecule has 4 heteroatoms. The van der Waals surface area contributed by atoms with Crippen LogP contribution in [0.15, 0.2) is 16.5 Å². The first-order chi connectivity index (χ1) is 10.1. The van der Waals surface area contributed by atoms with E-state index in [0.717, 1.165) is 5.56 Å². The van der Waals surface area contributed by atoms with Crippen LogP contribution in [0.4, 0.5) is 4.39 Å². The zero-order valence-corrected chi connectivity index (χ0v) is 13.2. The minimum atomic E-state index is -0.345. The largest absolute Gasteiger partial charge is 0.437 e. The van der Waals surface area contributed by atoms with Crippen LogP contribution < -0.4 is 5.32 Å². The van der Waals surface area contributed by atoms with Crippen LogP contribution in [0, 0.1) is 5.82 Å². The van der Waals surface area contributed by atoms with Gasteiger partial charge in [0.25, 0.3) is 0 Å². The minimum absolute atomic E-state index is 0.166. The highest BCUT2D eigenvalue weighted by molar-refractivity contribution is 5.74. The molecule has 3 rings (SSSR count). The fraction of sp³-hybridized carbons (Fsp3) is 0.588. The summed E-state index contributed by atoms with van der Waals surface area (Å²) >= 11 is 0. The maximum Gasteiger partial charge on any atom is 0.198 e. The standard InChI is InChI=1S/C12H15FN2O.C5H10/c1-7(2)12-15-10-5-8(6-14-3)4-9(13)11(10)16-12;1-2-4-5-3-1/h4-5,7,14H,6H2,1-3H3;1-5H2. The third-order valence-corrected chi connectivity index (χ3v) is 3.65. The quantitative estimate of drug-likeness (QED) is 0.886. The van der Waals surface area contributed by atoms with Crippen molar-refractivity contribution in [3.8, 4) is 0 Å². The van der Waals surface area contributed by atoms with Crippen molar-refractivity contribution in [2.75, 3.05) is 7.05 Å². The molecule has 0 spiro atoms. The van der Waals surface area contributed by atoms with Gasteiger partial charge in [0.1, 0.15) is 5.52 Å². The van der Waals surface area contributed by atoms with Crippen molar-refractivity contribution in [1.29, 1.82) is 0 Å². The Morgan fingerprint density at radius 3 is 2.33 bits per heavy atom. The van der Waals surface area contributed by atoms with Crippen molar-refractivity contribution < 1.29 is 8.81 Å². The lowest BCUT2D eigenvalue weighted by molar-refractivity contribution is 0.483. The van der Waals surface area contributed by atoms with Gasteiger partial charge in [0, 0.05) is 12.5 Å². The number of aromatic nitrogens is 1. The Kier molecular flexibility index (Phi) is 5.74. The summed E-state index contributed by atoms with van der Waals surface area (Å²) in [5.74, 6) is 0.400. The normalized spacial score (nSPS) is 14.5. The zero-order valence-electron chi connectivity index (χ0n) is 13.2. The summed E-state index contributed by atoms with van der Waals surface area (Å²) in [6, 6.07) is 3.33. The molecule has 1 fully saturated rings. The van der Waals surface area contributed by atoms with Gasteiger partial charge in [-0.05, 0) is 24.7 Å². The van der Waals surface area contributed by atoms with E-state index in [9.17, 15) is 4.39 Å². The number of rotatable bonds is 3. The van der Waals surface area contributed by atoms with Crippen LogP contribution in [-0.4, -0.2) is 12.0 Å². The summed E-state index contributed by atoms with van der Waals surface area (Å²) in [5.41, 5.74) is 1.72. The molecular formula is C17H25FN2O. The second kappa shape index (κ2) is 7.55. The fourth-order valence-corrected chi connectivity index (χ4v) is 2.50. The van der Waals surface area contributed by atoms with Gasteiger partial charge in [0.15, 0.2) is 17.3 Å². The Balaban J connectivity index is 0.000000272. The molecule has 21 heavy (non-hydrogen) atoms. The third-order valence-electron chi connectivity index (χ3n) is 3.65. The van der Waals surface area contributed by atoms with Gasteiger partial charge in [-0.15, -0.1) is 0 Å². The summed E-state index contributed by atoms with van der Waals surface area (Å²) in [5, 5.41) is 2.98. The first kappa shape index (κ1) is 16.0. The van der Waals surface area contributed by atoms with Crippen LogP contribution in [0.2, 0.25) is 0 Å². The third kappa shape index (κ3) is 4.27. The first-order valence-corrected chi connectivity index (χ1v) is 7.85. The number of oxazole rings is 1. The summed E-state index contributed by atoms with van der Waals surface area (Å²) in [4.78, 5) is 4.28. The van der Waals surface area contributed by atoms with Crippen LogP contribution in [0.1, 0.15) is 63.3 Å². The molecule has 1 aromatic carbocycles. The van der Waals surface area contributed by atoms with Gasteiger partial charge < -0.3 is 9.73 Å². The van der Waals surface area contributed by atoms with Crippen LogP contribution in [0.5, 0.6) is 0 Å². The van der Waals surface area contributed by atoms with E-state index in [1.165, 1.54) is 38.2 Å². The van der Waals surface area contributed by atoms with Crippen molar-refractivity contribution in [3.63, 3.8) is 0 Å². The van der Waals surface area contributed by atoms with Gasteiger partial charge >= 0.3 is 0 Å². The SMILES string of the molecule is C1CCCC1.CNCc1cc(F)c2oc(C(C)C)nc2c1. The molecular weight excluding hydrogens is 267 g/mol. The lowest BCUT2D eigenvalue weighted by Crippen LogP contribution is -2.05. The van der Waals surface area contributed by atoms with Crippen LogP contribution >= 0.6 is 0 Å². The van der Waals surface area contributed by atoms with Crippen molar-refractivity contribution in [2.45, 2.75) is 58.4 Å². The molecule has 1 aromatic heterocycles. The highest BCUT2D eigenvalue weighted by atomic mass is 19.1. The molecule has 0 radical (unpaired) electrons. The van der Waals surface area contributed by atoms with E-state index in [2.05, 4.69) is 10.3 Å². The molecule has 0 aliphatic heterocycles. The topological polar surface area (TPSA) is 38.1 Å². The van der Waals surface area contributed by atoms with E-state index < -0.39 is 0 Å². The average molecular weight is 292 g/mol. The summed E-state index contributed by atoms with van der Waals surface area (Å²) in [7, 11) is 1.82. The molecule has 1 N–H and O–H groups in total. The number of halogens is 1. The number of hydrogen-bond donors (Lipinski definition) is 1. The Morgan fingerprint density at radius 1 is 1.19 bits per heavy atom. The molecule has 0 amide bonds. The smallest absolute Gasteiger partial charge is 0.198 e. The molecule has 2 aromatic rings. The van der Waals surface area contributed by atoms with Crippen molar-refractivity contribution >= 4 is 11.1 Å². The summed E-state index contributed by atoms with van der Waals surface area (Å²) in [6.45, 7) is 4.56. The van der Waals surface area contributed by atoms with E-state index >= 15 is 0 Å². The first-order valence-electron chi connectivity index (χ1n) is 7.85. The van der Waals surface area contributed by atoms with Crippen LogP contribution in [0.25, 0.3) is 11.1 Å². The molecule has 0 unspecified atom stereocenters. The van der Waals surface area contributed by atoms with E-state index in [4.69, 9.17) is 4.42 Å². The van der Waals surface area contributed by atoms with Gasteiger partial charge in [-0.1, -0.05) is 46.0 Å². The summed E-state index contributed by atoms with van der Waals surface area (Å²) < 4.78 is 19.1. The number of benzene rings is 1. The Bertz CT molecular complexity index is 566. The highest BCUT2D eigenvalue weighted by Gasteiger charge is 2.13. The average Bonchev–Trinajstić information content (AvgIpc) is 3.11. The molecule has 0 atom stereocenters. The van der Waals surface area contributed by atoms with Gasteiger partial charge in [-0.2, -0.15) is 0 Å². The molecule has 1 heterocycles. The molecule has 1 aliphatic carbocycles. The Hall–Kier alpha value is -1.42. The predicted octanol–water partition coefficient (Wildman–Crippen LogP) is 4.76. The maximum absolute atomic E-state index is 13.7. The number of nitrogens with one attached hydrogen (secondary N) is 1. The zero-order chi connectivity index (χ0) is 15.2. The Morgan fingerprint density at radius 2 is 1.81 bits per heavy atom. The van der Waals surface area contributed by atoms with E-state index in [1.54, 1.807) is 0 Å². The van der Waals surface area contributed by atoms with Crippen LogP contribution in [-0.2, 0) is 6.54 Å². The second-order valence-electron chi connectivity index (χ2n) is 5.93. The van der Waals surface area contributed by atoms with Gasteiger partial charge in [-0.25, -0.2) is 9.37 Å². The Labute approximate surface area is 125 Å². The van der Waals surface area contributed by atoms with Crippen molar-refractivity contribution in [2.24, 2.45) is 0 Å². The lowest BCUT2D eigenvalue weighted by Gasteiger charge is -1.99. The van der Waals surface area contributed by atoms with E-state index in [-0.39, 0.29) is 17.3 Å². The van der Waals surface area contributed by atoms with E-state index in [0.29, 0.717) is 18.0 Å². The van der Waals surface area contributed by atoms with Crippen LogP contribution in [0.3, 0.4) is 0 Å². The summed E-state index contributed by atoms with van der Waals surface area (Å²) in [6.07, 6.45) is 7.50. The molecule has 0 bridgehead atoms. The monoisotopic (exact) mass is 292 g/mol. The number of nitrogens with zero attached hydrogens (tertiary/aromatic N) is 1. The molecule has 1 aliphatic rings. The highest BCUT2D eigenvalue weighted by Crippen LogP contribution is 2.24. The number of hydrogen-bond acceptors (Lipinski definition) is 3.